The highest BCUT2D eigenvalue weighted by atomic mass is 35.5. The maximum Gasteiger partial charge on any atom is 0.237 e. The highest BCUT2D eigenvalue weighted by Gasteiger charge is 2.37. The van der Waals surface area contributed by atoms with Crippen LogP contribution in [0.3, 0.4) is 0 Å². The smallest absolute Gasteiger partial charge is 0.237 e. The molecule has 35 heavy (non-hydrogen) atoms. The van der Waals surface area contributed by atoms with Gasteiger partial charge in [0, 0.05) is 42.9 Å². The van der Waals surface area contributed by atoms with Gasteiger partial charge in [0.05, 0.1) is 10.6 Å². The minimum atomic E-state index is -0.748. The Kier molecular flexibility index (Phi) is 7.24. The molecule has 0 unspecified atom stereocenters. The molecule has 9 heteroatoms. The SMILES string of the molecule is CC(C)c1c2cc(-c3cc(C(=O)CCNC4(C(N)=O)CCCCC4)ncc3Cl)cc(F)c2nn1C. The Bertz CT molecular complexity index is 1280. The van der Waals surface area contributed by atoms with Crippen LogP contribution in [0.25, 0.3) is 22.0 Å². The number of carbonyl (C=O) groups excluding carboxylic acids is 2. The van der Waals surface area contributed by atoms with Gasteiger partial charge in [-0.2, -0.15) is 5.10 Å². The minimum absolute atomic E-state index is 0.144. The number of hydrogen-bond donors (Lipinski definition) is 2. The van der Waals surface area contributed by atoms with Gasteiger partial charge >= 0.3 is 0 Å². The number of amides is 1. The minimum Gasteiger partial charge on any atom is -0.368 e. The van der Waals surface area contributed by atoms with E-state index in [9.17, 15) is 14.0 Å². The van der Waals surface area contributed by atoms with E-state index in [1.807, 2.05) is 19.9 Å². The quantitative estimate of drug-likeness (QED) is 0.429. The number of rotatable bonds is 8. The first-order valence-corrected chi connectivity index (χ1v) is 12.4. The van der Waals surface area contributed by atoms with Crippen LogP contribution in [0, 0.1) is 5.82 Å². The van der Waals surface area contributed by atoms with Gasteiger partial charge in [-0.15, -0.1) is 0 Å². The number of hydrogen-bond acceptors (Lipinski definition) is 5. The summed E-state index contributed by atoms with van der Waals surface area (Å²) >= 11 is 6.42. The van der Waals surface area contributed by atoms with Crippen LogP contribution in [0.15, 0.2) is 24.4 Å². The molecular weight excluding hydrogens is 469 g/mol. The van der Waals surface area contributed by atoms with Gasteiger partial charge in [-0.3, -0.25) is 19.3 Å². The Morgan fingerprint density at radius 2 is 1.94 bits per heavy atom. The van der Waals surface area contributed by atoms with E-state index in [4.69, 9.17) is 17.3 Å². The number of aromatic nitrogens is 3. The number of benzene rings is 1. The van der Waals surface area contributed by atoms with E-state index in [-0.39, 0.29) is 29.7 Å². The largest absolute Gasteiger partial charge is 0.368 e. The maximum absolute atomic E-state index is 15.0. The van der Waals surface area contributed by atoms with E-state index in [0.717, 1.165) is 25.0 Å². The van der Waals surface area contributed by atoms with Crippen LogP contribution < -0.4 is 11.1 Å². The van der Waals surface area contributed by atoms with Gasteiger partial charge in [0.15, 0.2) is 11.6 Å². The van der Waals surface area contributed by atoms with Crippen molar-refractivity contribution in [2.24, 2.45) is 12.8 Å². The molecule has 0 spiro atoms. The van der Waals surface area contributed by atoms with Gasteiger partial charge in [0.25, 0.3) is 0 Å². The molecular formula is C26H31ClFN5O2. The number of Topliss-reactive ketones (excluding diaryl/α,β-unsaturated/α-hetero) is 1. The van der Waals surface area contributed by atoms with Crippen LogP contribution in [-0.4, -0.2) is 38.5 Å². The lowest BCUT2D eigenvalue weighted by Crippen LogP contribution is -2.56. The van der Waals surface area contributed by atoms with E-state index in [2.05, 4.69) is 15.4 Å². The number of carbonyl (C=O) groups is 2. The molecule has 186 valence electrons. The van der Waals surface area contributed by atoms with Gasteiger partial charge in [0.2, 0.25) is 5.91 Å². The molecule has 2 heterocycles. The standard InChI is InChI=1S/C26H31ClFN5O2/c1-15(2)24-18-11-16(12-20(28)23(18)32-33(24)3)17-13-21(30-14-19(17)27)22(34)7-10-31-26(25(29)35)8-5-4-6-9-26/h11-15,31H,4-10H2,1-3H3,(H2,29,35). The highest BCUT2D eigenvalue weighted by molar-refractivity contribution is 6.33. The molecule has 0 aliphatic heterocycles. The summed E-state index contributed by atoms with van der Waals surface area (Å²) in [6.07, 6.45) is 5.87. The van der Waals surface area contributed by atoms with Crippen LogP contribution in [0.1, 0.15) is 74.5 Å². The van der Waals surface area contributed by atoms with Crippen LogP contribution >= 0.6 is 11.6 Å². The zero-order valence-electron chi connectivity index (χ0n) is 20.3. The van der Waals surface area contributed by atoms with Crippen molar-refractivity contribution in [2.45, 2.75) is 63.8 Å². The highest BCUT2D eigenvalue weighted by Crippen LogP contribution is 2.35. The fraction of sp³-hybridized carbons (Fsp3) is 0.462. The summed E-state index contributed by atoms with van der Waals surface area (Å²) in [6, 6.07) is 4.84. The van der Waals surface area contributed by atoms with E-state index < -0.39 is 11.4 Å². The average molecular weight is 500 g/mol. The fourth-order valence-electron chi connectivity index (χ4n) is 5.14. The zero-order valence-corrected chi connectivity index (χ0v) is 21.1. The number of nitrogens with two attached hydrogens (primary N) is 1. The molecule has 1 aromatic carbocycles. The number of ketones is 1. The molecule has 7 nitrogen and oxygen atoms in total. The second-order valence-electron chi connectivity index (χ2n) is 9.67. The van der Waals surface area contributed by atoms with Gasteiger partial charge in [-0.1, -0.05) is 44.7 Å². The summed E-state index contributed by atoms with van der Waals surface area (Å²) in [5.74, 6) is -0.874. The summed E-state index contributed by atoms with van der Waals surface area (Å²) in [7, 11) is 1.80. The second-order valence-corrected chi connectivity index (χ2v) is 10.1. The van der Waals surface area contributed by atoms with Crippen LogP contribution in [0.5, 0.6) is 0 Å². The number of primary amides is 1. The lowest BCUT2D eigenvalue weighted by atomic mass is 9.81. The van der Waals surface area contributed by atoms with E-state index in [1.54, 1.807) is 17.8 Å². The second kappa shape index (κ2) is 10.0. The van der Waals surface area contributed by atoms with E-state index >= 15 is 0 Å². The monoisotopic (exact) mass is 499 g/mol. The molecule has 1 amide bonds. The number of nitrogens with zero attached hydrogens (tertiary/aromatic N) is 3. The van der Waals surface area contributed by atoms with Crippen LogP contribution in [0.4, 0.5) is 4.39 Å². The maximum atomic E-state index is 15.0. The van der Waals surface area contributed by atoms with Crippen molar-refractivity contribution in [3.8, 4) is 11.1 Å². The lowest BCUT2D eigenvalue weighted by Gasteiger charge is -2.35. The van der Waals surface area contributed by atoms with Gasteiger partial charge in [0.1, 0.15) is 11.2 Å². The van der Waals surface area contributed by atoms with Crippen molar-refractivity contribution >= 4 is 34.2 Å². The predicted molar refractivity (Wildman–Crippen MR) is 135 cm³/mol. The molecule has 1 aliphatic carbocycles. The molecule has 4 rings (SSSR count). The molecule has 0 radical (unpaired) electrons. The molecule has 1 saturated carbocycles. The molecule has 0 saturated heterocycles. The number of nitrogens with one attached hydrogen (secondary N) is 1. The number of aryl methyl sites for hydroxylation is 1. The van der Waals surface area contributed by atoms with Gasteiger partial charge in [-0.25, -0.2) is 4.39 Å². The van der Waals surface area contributed by atoms with Crippen molar-refractivity contribution < 1.29 is 14.0 Å². The molecule has 0 bridgehead atoms. The van der Waals surface area contributed by atoms with Crippen molar-refractivity contribution in [2.75, 3.05) is 6.54 Å². The third kappa shape index (κ3) is 4.95. The molecule has 1 fully saturated rings. The normalized spacial score (nSPS) is 15.6. The summed E-state index contributed by atoms with van der Waals surface area (Å²) in [5.41, 5.74) is 7.45. The van der Waals surface area contributed by atoms with Crippen LogP contribution in [-0.2, 0) is 11.8 Å². The Morgan fingerprint density at radius 1 is 1.23 bits per heavy atom. The van der Waals surface area contributed by atoms with Gasteiger partial charge in [-0.05, 0) is 42.5 Å². The molecule has 0 atom stereocenters. The Balaban J connectivity index is 1.58. The number of fused-ring (bicyclic) bond motifs is 1. The van der Waals surface area contributed by atoms with E-state index in [0.29, 0.717) is 46.4 Å². The average Bonchev–Trinajstić information content (AvgIpc) is 3.16. The Hall–Kier alpha value is -2.84. The third-order valence-corrected chi connectivity index (χ3v) is 7.23. The van der Waals surface area contributed by atoms with Crippen molar-refractivity contribution in [3.63, 3.8) is 0 Å². The predicted octanol–water partition coefficient (Wildman–Crippen LogP) is 4.90. The molecule has 3 aromatic rings. The summed E-state index contributed by atoms with van der Waals surface area (Å²) in [6.45, 7) is 4.37. The topological polar surface area (TPSA) is 103 Å². The Morgan fingerprint density at radius 3 is 2.60 bits per heavy atom. The number of pyridine rings is 1. The first-order chi connectivity index (χ1) is 16.6. The first kappa shape index (κ1) is 25.3. The molecule has 2 aromatic heterocycles. The molecule has 3 N–H and O–H groups in total. The molecule has 1 aliphatic rings. The lowest BCUT2D eigenvalue weighted by molar-refractivity contribution is -0.125. The number of halogens is 2. The summed E-state index contributed by atoms with van der Waals surface area (Å²) < 4.78 is 16.7. The van der Waals surface area contributed by atoms with Crippen molar-refractivity contribution in [3.05, 3.63) is 46.6 Å². The van der Waals surface area contributed by atoms with E-state index in [1.165, 1.54) is 12.3 Å². The van der Waals surface area contributed by atoms with Crippen LogP contribution in [0.2, 0.25) is 5.02 Å². The van der Waals surface area contributed by atoms with Crippen molar-refractivity contribution in [1.82, 2.24) is 20.1 Å². The zero-order chi connectivity index (χ0) is 25.3. The summed E-state index contributed by atoms with van der Waals surface area (Å²) in [4.78, 5) is 29.2. The first-order valence-electron chi connectivity index (χ1n) is 12.0. The van der Waals surface area contributed by atoms with Gasteiger partial charge < -0.3 is 11.1 Å². The Labute approximate surface area is 209 Å². The van der Waals surface area contributed by atoms with Crippen molar-refractivity contribution in [1.29, 1.82) is 0 Å². The fourth-order valence-corrected chi connectivity index (χ4v) is 5.35. The third-order valence-electron chi connectivity index (χ3n) is 6.93. The summed E-state index contributed by atoms with van der Waals surface area (Å²) in [5, 5.41) is 8.60.